The molecular formula is C14H21NO3. The highest BCUT2D eigenvalue weighted by atomic mass is 16.5. The van der Waals surface area contributed by atoms with Gasteiger partial charge in [0.2, 0.25) is 0 Å². The summed E-state index contributed by atoms with van der Waals surface area (Å²) in [5, 5.41) is 0. The molecular weight excluding hydrogens is 230 g/mol. The fourth-order valence-corrected chi connectivity index (χ4v) is 1.72. The molecule has 0 aliphatic rings. The molecule has 0 radical (unpaired) electrons. The minimum Gasteiger partial charge on any atom is -0.494 e. The SMILES string of the molecule is CCOC(=O)C(C)(N)c1cc(C)ccc1OCC. The molecule has 0 aliphatic heterocycles. The number of carbonyl (C=O) groups excluding carboxylic acids is 1. The molecule has 1 aromatic carbocycles. The third-order valence-corrected chi connectivity index (χ3v) is 2.69. The smallest absolute Gasteiger partial charge is 0.330 e. The molecule has 0 aliphatic carbocycles. The van der Waals surface area contributed by atoms with Crippen molar-refractivity contribution in [1.82, 2.24) is 0 Å². The van der Waals surface area contributed by atoms with E-state index in [0.29, 0.717) is 24.5 Å². The number of rotatable bonds is 5. The molecule has 0 spiro atoms. The quantitative estimate of drug-likeness (QED) is 0.814. The average molecular weight is 251 g/mol. The van der Waals surface area contributed by atoms with Gasteiger partial charge in [0.25, 0.3) is 0 Å². The van der Waals surface area contributed by atoms with Gasteiger partial charge in [-0.25, -0.2) is 4.79 Å². The predicted molar refractivity (Wildman–Crippen MR) is 70.5 cm³/mol. The fourth-order valence-electron chi connectivity index (χ4n) is 1.72. The number of hydrogen-bond donors (Lipinski definition) is 1. The van der Waals surface area contributed by atoms with Crippen LogP contribution in [0, 0.1) is 6.92 Å². The molecule has 0 saturated heterocycles. The van der Waals surface area contributed by atoms with Crippen molar-refractivity contribution in [3.05, 3.63) is 29.3 Å². The highest BCUT2D eigenvalue weighted by Gasteiger charge is 2.35. The lowest BCUT2D eigenvalue weighted by molar-refractivity contribution is -0.149. The molecule has 0 heterocycles. The Kier molecular flexibility index (Phi) is 4.73. The van der Waals surface area contributed by atoms with Gasteiger partial charge >= 0.3 is 5.97 Å². The van der Waals surface area contributed by atoms with Gasteiger partial charge in [0, 0.05) is 5.56 Å². The summed E-state index contributed by atoms with van der Waals surface area (Å²) in [6.45, 7) is 8.06. The summed E-state index contributed by atoms with van der Waals surface area (Å²) in [5.41, 5.74) is 6.59. The van der Waals surface area contributed by atoms with E-state index in [9.17, 15) is 4.79 Å². The zero-order valence-corrected chi connectivity index (χ0v) is 11.4. The zero-order chi connectivity index (χ0) is 13.8. The van der Waals surface area contributed by atoms with Crippen LogP contribution in [0.2, 0.25) is 0 Å². The Morgan fingerprint density at radius 1 is 1.33 bits per heavy atom. The minimum absolute atomic E-state index is 0.307. The second kappa shape index (κ2) is 5.87. The average Bonchev–Trinajstić information content (AvgIpc) is 2.32. The van der Waals surface area contributed by atoms with E-state index in [1.54, 1.807) is 13.8 Å². The number of nitrogens with two attached hydrogens (primary N) is 1. The molecule has 1 atom stereocenters. The minimum atomic E-state index is -1.20. The molecule has 4 nitrogen and oxygen atoms in total. The summed E-state index contributed by atoms with van der Waals surface area (Å²) >= 11 is 0. The molecule has 0 saturated carbocycles. The van der Waals surface area contributed by atoms with Crippen LogP contribution in [0.5, 0.6) is 5.75 Å². The van der Waals surface area contributed by atoms with Crippen LogP contribution in [-0.4, -0.2) is 19.2 Å². The lowest BCUT2D eigenvalue weighted by Gasteiger charge is -2.25. The van der Waals surface area contributed by atoms with Gasteiger partial charge in [-0.3, -0.25) is 0 Å². The fraction of sp³-hybridized carbons (Fsp3) is 0.500. The molecule has 0 amide bonds. The Balaban J connectivity index is 3.20. The number of ether oxygens (including phenoxy) is 2. The first-order valence-corrected chi connectivity index (χ1v) is 6.13. The molecule has 18 heavy (non-hydrogen) atoms. The topological polar surface area (TPSA) is 61.5 Å². The van der Waals surface area contributed by atoms with Crippen LogP contribution < -0.4 is 10.5 Å². The first-order valence-electron chi connectivity index (χ1n) is 6.13. The Morgan fingerprint density at radius 2 is 2.00 bits per heavy atom. The summed E-state index contributed by atoms with van der Waals surface area (Å²) < 4.78 is 10.5. The van der Waals surface area contributed by atoms with Crippen molar-refractivity contribution in [3.8, 4) is 5.75 Å². The third kappa shape index (κ3) is 3.01. The van der Waals surface area contributed by atoms with Crippen LogP contribution in [-0.2, 0) is 15.1 Å². The summed E-state index contributed by atoms with van der Waals surface area (Å²) in [5.74, 6) is 0.178. The maximum Gasteiger partial charge on any atom is 0.330 e. The molecule has 4 heteroatoms. The number of carbonyl (C=O) groups is 1. The lowest BCUT2D eigenvalue weighted by atomic mass is 9.91. The molecule has 0 fully saturated rings. The summed E-state index contributed by atoms with van der Waals surface area (Å²) in [7, 11) is 0. The number of hydrogen-bond acceptors (Lipinski definition) is 4. The van der Waals surface area contributed by atoms with E-state index in [4.69, 9.17) is 15.2 Å². The van der Waals surface area contributed by atoms with Crippen LogP contribution >= 0.6 is 0 Å². The van der Waals surface area contributed by atoms with E-state index >= 15 is 0 Å². The maximum absolute atomic E-state index is 11.9. The maximum atomic E-state index is 11.9. The standard InChI is InChI=1S/C14H21NO3/c1-5-17-12-8-7-10(3)9-11(12)14(4,15)13(16)18-6-2/h7-9H,5-6,15H2,1-4H3. The van der Waals surface area contributed by atoms with Crippen molar-refractivity contribution in [2.45, 2.75) is 33.2 Å². The van der Waals surface area contributed by atoms with E-state index < -0.39 is 11.5 Å². The predicted octanol–water partition coefficient (Wildman–Crippen LogP) is 2.13. The van der Waals surface area contributed by atoms with Gasteiger partial charge in [-0.2, -0.15) is 0 Å². The van der Waals surface area contributed by atoms with Crippen LogP contribution in [0.4, 0.5) is 0 Å². The van der Waals surface area contributed by atoms with Gasteiger partial charge in [-0.1, -0.05) is 11.6 Å². The second-order valence-corrected chi connectivity index (χ2v) is 4.36. The summed E-state index contributed by atoms with van der Waals surface area (Å²) in [6.07, 6.45) is 0. The highest BCUT2D eigenvalue weighted by molar-refractivity contribution is 5.83. The van der Waals surface area contributed by atoms with Crippen LogP contribution in [0.15, 0.2) is 18.2 Å². The summed E-state index contributed by atoms with van der Waals surface area (Å²) in [6, 6.07) is 5.62. The Labute approximate surface area is 108 Å². The molecule has 0 aromatic heterocycles. The lowest BCUT2D eigenvalue weighted by Crippen LogP contribution is -2.43. The van der Waals surface area contributed by atoms with Crippen molar-refractivity contribution in [1.29, 1.82) is 0 Å². The van der Waals surface area contributed by atoms with E-state index in [1.807, 2.05) is 32.0 Å². The molecule has 1 rings (SSSR count). The Bertz CT molecular complexity index is 427. The Morgan fingerprint density at radius 3 is 2.56 bits per heavy atom. The Hall–Kier alpha value is -1.55. The van der Waals surface area contributed by atoms with E-state index in [0.717, 1.165) is 5.56 Å². The van der Waals surface area contributed by atoms with Gasteiger partial charge in [-0.05, 0) is 39.8 Å². The molecule has 0 bridgehead atoms. The number of aryl methyl sites for hydroxylation is 1. The van der Waals surface area contributed by atoms with E-state index in [1.165, 1.54) is 0 Å². The highest BCUT2D eigenvalue weighted by Crippen LogP contribution is 2.30. The first kappa shape index (κ1) is 14.5. The number of esters is 1. The van der Waals surface area contributed by atoms with Crippen LogP contribution in [0.3, 0.4) is 0 Å². The third-order valence-electron chi connectivity index (χ3n) is 2.69. The molecule has 1 unspecified atom stereocenters. The molecule has 2 N–H and O–H groups in total. The molecule has 100 valence electrons. The van der Waals surface area contributed by atoms with Gasteiger partial charge in [0.15, 0.2) is 0 Å². The summed E-state index contributed by atoms with van der Waals surface area (Å²) in [4.78, 5) is 11.9. The van der Waals surface area contributed by atoms with E-state index in [-0.39, 0.29) is 0 Å². The molecule has 1 aromatic rings. The van der Waals surface area contributed by atoms with E-state index in [2.05, 4.69) is 0 Å². The number of benzene rings is 1. The van der Waals surface area contributed by atoms with Crippen molar-refractivity contribution >= 4 is 5.97 Å². The van der Waals surface area contributed by atoms with Crippen molar-refractivity contribution in [2.75, 3.05) is 13.2 Å². The van der Waals surface area contributed by atoms with Gasteiger partial charge in [0.05, 0.1) is 13.2 Å². The first-order chi connectivity index (χ1) is 8.43. The van der Waals surface area contributed by atoms with Crippen LogP contribution in [0.25, 0.3) is 0 Å². The van der Waals surface area contributed by atoms with Crippen molar-refractivity contribution in [3.63, 3.8) is 0 Å². The normalized spacial score (nSPS) is 13.8. The zero-order valence-electron chi connectivity index (χ0n) is 11.4. The van der Waals surface area contributed by atoms with Crippen molar-refractivity contribution < 1.29 is 14.3 Å². The largest absolute Gasteiger partial charge is 0.494 e. The van der Waals surface area contributed by atoms with Gasteiger partial charge in [0.1, 0.15) is 11.3 Å². The van der Waals surface area contributed by atoms with Gasteiger partial charge in [-0.15, -0.1) is 0 Å². The van der Waals surface area contributed by atoms with Crippen LogP contribution in [0.1, 0.15) is 31.9 Å². The second-order valence-electron chi connectivity index (χ2n) is 4.36. The van der Waals surface area contributed by atoms with Crippen molar-refractivity contribution in [2.24, 2.45) is 5.73 Å². The van der Waals surface area contributed by atoms with Gasteiger partial charge < -0.3 is 15.2 Å². The monoisotopic (exact) mass is 251 g/mol.